The Morgan fingerprint density at radius 3 is 2.62 bits per heavy atom. The van der Waals surface area contributed by atoms with Crippen LogP contribution in [0, 0.1) is 6.92 Å². The summed E-state index contributed by atoms with van der Waals surface area (Å²) in [5.41, 5.74) is 2.42. The Morgan fingerprint density at radius 1 is 1.23 bits per heavy atom. The molecular formula is C20H25N3O3. The molecule has 1 aromatic heterocycles. The summed E-state index contributed by atoms with van der Waals surface area (Å²) in [5.74, 6) is 0.669. The fourth-order valence-corrected chi connectivity index (χ4v) is 3.12. The first-order chi connectivity index (χ1) is 12.7. The molecule has 1 N–H and O–H groups in total. The van der Waals surface area contributed by atoms with Gasteiger partial charge in [-0.25, -0.2) is 4.98 Å². The highest BCUT2D eigenvalue weighted by atomic mass is 16.5. The van der Waals surface area contributed by atoms with Crippen LogP contribution in [0.2, 0.25) is 0 Å². The van der Waals surface area contributed by atoms with E-state index in [1.165, 1.54) is 0 Å². The molecule has 1 unspecified atom stereocenters. The molecule has 6 heteroatoms. The predicted molar refractivity (Wildman–Crippen MR) is 99.4 cm³/mol. The summed E-state index contributed by atoms with van der Waals surface area (Å²) in [7, 11) is 1.66. The van der Waals surface area contributed by atoms with Gasteiger partial charge in [-0.15, -0.1) is 0 Å². The number of carbonyl (C=O) groups is 1. The van der Waals surface area contributed by atoms with Crippen molar-refractivity contribution in [3.63, 3.8) is 0 Å². The maximum atomic E-state index is 12.5. The van der Waals surface area contributed by atoms with E-state index in [-0.39, 0.29) is 11.9 Å². The van der Waals surface area contributed by atoms with Crippen molar-refractivity contribution in [2.24, 2.45) is 0 Å². The van der Waals surface area contributed by atoms with Crippen LogP contribution < -0.4 is 10.1 Å². The van der Waals surface area contributed by atoms with Crippen molar-refractivity contribution in [1.29, 1.82) is 0 Å². The largest absolute Gasteiger partial charge is 0.497 e. The SMILES string of the molecule is COc1ccc(C(CNC(=O)c2cccc(C)n2)N2CCOCC2)cc1. The molecule has 1 amide bonds. The second kappa shape index (κ2) is 8.78. The van der Waals surface area contributed by atoms with E-state index in [9.17, 15) is 4.79 Å². The van der Waals surface area contributed by atoms with Gasteiger partial charge in [-0.2, -0.15) is 0 Å². The van der Waals surface area contributed by atoms with E-state index < -0.39 is 0 Å². The third kappa shape index (κ3) is 4.59. The molecule has 0 aliphatic carbocycles. The number of rotatable bonds is 6. The molecule has 1 saturated heterocycles. The van der Waals surface area contributed by atoms with E-state index in [0.717, 1.165) is 30.1 Å². The minimum Gasteiger partial charge on any atom is -0.497 e. The number of nitrogens with zero attached hydrogens (tertiary/aromatic N) is 2. The molecule has 1 aromatic carbocycles. The second-order valence-electron chi connectivity index (χ2n) is 6.31. The minimum atomic E-state index is -0.152. The molecule has 0 radical (unpaired) electrons. The van der Waals surface area contributed by atoms with E-state index in [1.54, 1.807) is 13.2 Å². The van der Waals surface area contributed by atoms with Gasteiger partial charge >= 0.3 is 0 Å². The van der Waals surface area contributed by atoms with Crippen LogP contribution in [-0.4, -0.2) is 55.7 Å². The number of nitrogens with one attached hydrogen (secondary N) is 1. The molecule has 0 saturated carbocycles. The number of aromatic nitrogens is 1. The average Bonchev–Trinajstić information content (AvgIpc) is 2.69. The molecule has 2 heterocycles. The number of hydrogen-bond donors (Lipinski definition) is 1. The molecule has 2 aromatic rings. The Bertz CT molecular complexity index is 727. The second-order valence-corrected chi connectivity index (χ2v) is 6.31. The number of hydrogen-bond acceptors (Lipinski definition) is 5. The van der Waals surface area contributed by atoms with Gasteiger partial charge in [0.15, 0.2) is 0 Å². The van der Waals surface area contributed by atoms with Gasteiger partial charge in [0.1, 0.15) is 11.4 Å². The van der Waals surface area contributed by atoms with E-state index in [2.05, 4.69) is 27.3 Å². The third-order valence-electron chi connectivity index (χ3n) is 4.56. The number of pyridine rings is 1. The Hall–Kier alpha value is -2.44. The minimum absolute atomic E-state index is 0.0820. The average molecular weight is 355 g/mol. The lowest BCUT2D eigenvalue weighted by atomic mass is 10.0. The van der Waals surface area contributed by atoms with Gasteiger partial charge in [-0.3, -0.25) is 9.69 Å². The summed E-state index contributed by atoms with van der Waals surface area (Å²) < 4.78 is 10.7. The Labute approximate surface area is 154 Å². The number of amides is 1. The van der Waals surface area contributed by atoms with Gasteiger partial charge in [0.2, 0.25) is 0 Å². The fraction of sp³-hybridized carbons (Fsp3) is 0.400. The topological polar surface area (TPSA) is 63.7 Å². The molecular weight excluding hydrogens is 330 g/mol. The summed E-state index contributed by atoms with van der Waals surface area (Å²) in [5, 5.41) is 3.04. The zero-order valence-corrected chi connectivity index (χ0v) is 15.3. The molecule has 1 aliphatic heterocycles. The molecule has 1 atom stereocenters. The first kappa shape index (κ1) is 18.4. The zero-order valence-electron chi connectivity index (χ0n) is 15.3. The van der Waals surface area contributed by atoms with Crippen molar-refractivity contribution < 1.29 is 14.3 Å². The van der Waals surface area contributed by atoms with E-state index in [4.69, 9.17) is 9.47 Å². The highest BCUT2D eigenvalue weighted by Crippen LogP contribution is 2.23. The standard InChI is InChI=1S/C20H25N3O3/c1-15-4-3-5-18(22-15)20(24)21-14-19(23-10-12-26-13-11-23)16-6-8-17(25-2)9-7-16/h3-9,19H,10-14H2,1-2H3,(H,21,24). The third-order valence-corrected chi connectivity index (χ3v) is 4.56. The van der Waals surface area contributed by atoms with Crippen molar-refractivity contribution in [2.45, 2.75) is 13.0 Å². The van der Waals surface area contributed by atoms with Crippen LogP contribution in [0.15, 0.2) is 42.5 Å². The highest BCUT2D eigenvalue weighted by Gasteiger charge is 2.23. The van der Waals surface area contributed by atoms with Crippen LogP contribution >= 0.6 is 0 Å². The fourth-order valence-electron chi connectivity index (χ4n) is 3.12. The van der Waals surface area contributed by atoms with Gasteiger partial charge < -0.3 is 14.8 Å². The van der Waals surface area contributed by atoms with E-state index in [0.29, 0.717) is 25.5 Å². The quantitative estimate of drug-likeness (QED) is 0.861. The molecule has 26 heavy (non-hydrogen) atoms. The van der Waals surface area contributed by atoms with Crippen molar-refractivity contribution in [2.75, 3.05) is 40.0 Å². The van der Waals surface area contributed by atoms with Crippen LogP contribution in [0.3, 0.4) is 0 Å². The molecule has 1 aliphatic rings. The predicted octanol–water partition coefficient (Wildman–Crippen LogP) is 2.20. The van der Waals surface area contributed by atoms with E-state index >= 15 is 0 Å². The molecule has 0 spiro atoms. The molecule has 6 nitrogen and oxygen atoms in total. The maximum Gasteiger partial charge on any atom is 0.269 e. The normalized spacial score (nSPS) is 16.1. The summed E-state index contributed by atoms with van der Waals surface area (Å²) in [6.45, 7) is 5.50. The van der Waals surface area contributed by atoms with Crippen LogP contribution in [0.4, 0.5) is 0 Å². The summed E-state index contributed by atoms with van der Waals surface area (Å²) in [6.07, 6.45) is 0. The van der Waals surface area contributed by atoms with Crippen LogP contribution in [0.5, 0.6) is 5.75 Å². The number of morpholine rings is 1. The lowest BCUT2D eigenvalue weighted by Crippen LogP contribution is -2.43. The first-order valence-electron chi connectivity index (χ1n) is 8.85. The van der Waals surface area contributed by atoms with Gasteiger partial charge in [-0.1, -0.05) is 18.2 Å². The maximum absolute atomic E-state index is 12.5. The Kier molecular flexibility index (Phi) is 6.20. The Morgan fingerprint density at radius 2 is 1.96 bits per heavy atom. The molecule has 138 valence electrons. The lowest BCUT2D eigenvalue weighted by molar-refractivity contribution is 0.0162. The van der Waals surface area contributed by atoms with Gasteiger partial charge in [0.25, 0.3) is 5.91 Å². The number of methoxy groups -OCH3 is 1. The number of benzene rings is 1. The molecule has 3 rings (SSSR count). The van der Waals surface area contributed by atoms with Crippen molar-refractivity contribution in [3.8, 4) is 5.75 Å². The van der Waals surface area contributed by atoms with Crippen LogP contribution in [0.25, 0.3) is 0 Å². The van der Waals surface area contributed by atoms with Crippen molar-refractivity contribution in [1.82, 2.24) is 15.2 Å². The van der Waals surface area contributed by atoms with Gasteiger partial charge in [-0.05, 0) is 36.8 Å². The molecule has 0 bridgehead atoms. The monoisotopic (exact) mass is 355 g/mol. The summed E-state index contributed by atoms with van der Waals surface area (Å²) >= 11 is 0. The lowest BCUT2D eigenvalue weighted by Gasteiger charge is -2.35. The van der Waals surface area contributed by atoms with Gasteiger partial charge in [0, 0.05) is 25.3 Å². The smallest absolute Gasteiger partial charge is 0.269 e. The molecule has 1 fully saturated rings. The van der Waals surface area contributed by atoms with Crippen molar-refractivity contribution in [3.05, 3.63) is 59.4 Å². The summed E-state index contributed by atoms with van der Waals surface area (Å²) in [6, 6.07) is 13.6. The van der Waals surface area contributed by atoms with Crippen LogP contribution in [-0.2, 0) is 4.74 Å². The number of carbonyl (C=O) groups excluding carboxylic acids is 1. The first-order valence-corrected chi connectivity index (χ1v) is 8.85. The number of aryl methyl sites for hydroxylation is 1. The van der Waals surface area contributed by atoms with Crippen LogP contribution in [0.1, 0.15) is 27.8 Å². The Balaban J connectivity index is 1.73. The van der Waals surface area contributed by atoms with Crippen molar-refractivity contribution >= 4 is 5.91 Å². The van der Waals surface area contributed by atoms with E-state index in [1.807, 2.05) is 31.2 Å². The zero-order chi connectivity index (χ0) is 18.4. The summed E-state index contributed by atoms with van der Waals surface area (Å²) in [4.78, 5) is 19.1. The van der Waals surface area contributed by atoms with Gasteiger partial charge in [0.05, 0.1) is 26.4 Å². The highest BCUT2D eigenvalue weighted by molar-refractivity contribution is 5.92. The number of ether oxygens (including phenoxy) is 2.